The summed E-state index contributed by atoms with van der Waals surface area (Å²) in [5.74, 6) is 1.40. The second kappa shape index (κ2) is 11.5. The summed E-state index contributed by atoms with van der Waals surface area (Å²) in [6.45, 7) is 0.0925. The van der Waals surface area contributed by atoms with Crippen LogP contribution in [0.1, 0.15) is 39.7 Å². The number of hydrogen-bond donors (Lipinski definition) is 2. The Balaban J connectivity index is 1.08. The first-order valence-corrected chi connectivity index (χ1v) is 15.1. The van der Waals surface area contributed by atoms with E-state index in [1.807, 2.05) is 84.9 Å². The fourth-order valence-corrected chi connectivity index (χ4v) is 6.35. The van der Waals surface area contributed by atoms with E-state index in [-0.39, 0.29) is 18.3 Å². The van der Waals surface area contributed by atoms with E-state index in [2.05, 4.69) is 20.3 Å². The quantitative estimate of drug-likeness (QED) is 0.231. The van der Waals surface area contributed by atoms with Gasteiger partial charge in [0.1, 0.15) is 30.2 Å². The molecule has 2 aromatic heterocycles. The number of aromatic nitrogens is 4. The van der Waals surface area contributed by atoms with Crippen molar-refractivity contribution < 1.29 is 24.1 Å². The summed E-state index contributed by atoms with van der Waals surface area (Å²) < 4.78 is 21.5. The van der Waals surface area contributed by atoms with Gasteiger partial charge in [-0.05, 0) is 29.8 Å². The number of imidazole rings is 1. The van der Waals surface area contributed by atoms with Crippen LogP contribution in [-0.4, -0.2) is 49.3 Å². The molecule has 10 nitrogen and oxygen atoms in total. The van der Waals surface area contributed by atoms with Gasteiger partial charge in [0.25, 0.3) is 5.91 Å². The molecule has 4 aromatic carbocycles. The van der Waals surface area contributed by atoms with Crippen molar-refractivity contribution in [2.45, 2.75) is 30.5 Å². The number of anilines is 1. The van der Waals surface area contributed by atoms with Gasteiger partial charge in [0.2, 0.25) is 0 Å². The third-order valence-electron chi connectivity index (χ3n) is 8.54. The number of benzene rings is 4. The Labute approximate surface area is 264 Å². The highest BCUT2D eigenvalue weighted by molar-refractivity contribution is 6.06. The average Bonchev–Trinajstić information content (AvgIpc) is 3.71. The number of nitrogens with zero attached hydrogens (tertiary/aromatic N) is 4. The number of aliphatic hydroxyl groups excluding tert-OH is 1. The van der Waals surface area contributed by atoms with Crippen molar-refractivity contribution in [3.63, 3.8) is 0 Å². The fraction of sp³-hybridized carbons (Fsp3) is 0.167. The van der Waals surface area contributed by atoms with Crippen LogP contribution in [0.5, 0.6) is 11.5 Å². The smallest absolute Gasteiger partial charge is 0.256 e. The van der Waals surface area contributed by atoms with E-state index in [0.717, 1.165) is 16.7 Å². The van der Waals surface area contributed by atoms with Crippen molar-refractivity contribution >= 4 is 22.9 Å². The van der Waals surface area contributed by atoms with Crippen molar-refractivity contribution in [3.8, 4) is 11.5 Å². The molecule has 2 N–H and O–H groups in total. The lowest BCUT2D eigenvalue weighted by atomic mass is 9.77. The highest BCUT2D eigenvalue weighted by atomic mass is 16.6. The molecule has 228 valence electrons. The Morgan fingerprint density at radius 3 is 2.24 bits per heavy atom. The van der Waals surface area contributed by atoms with Gasteiger partial charge in [0.05, 0.1) is 19.0 Å². The Kier molecular flexibility index (Phi) is 7.02. The van der Waals surface area contributed by atoms with Crippen LogP contribution in [0.4, 0.5) is 5.82 Å². The average molecular weight is 612 g/mol. The summed E-state index contributed by atoms with van der Waals surface area (Å²) in [5.41, 5.74) is 3.06. The lowest BCUT2D eigenvalue weighted by molar-refractivity contribution is -0.0948. The lowest BCUT2D eigenvalue weighted by Crippen LogP contribution is -2.39. The Morgan fingerprint density at radius 1 is 0.870 bits per heavy atom. The Morgan fingerprint density at radius 2 is 1.52 bits per heavy atom. The molecule has 46 heavy (non-hydrogen) atoms. The number of para-hydroxylation sites is 2. The predicted molar refractivity (Wildman–Crippen MR) is 169 cm³/mol. The van der Waals surface area contributed by atoms with Gasteiger partial charge in [0.15, 0.2) is 22.6 Å². The molecule has 0 spiro atoms. The molecule has 0 aliphatic carbocycles. The zero-order valence-electron chi connectivity index (χ0n) is 24.6. The van der Waals surface area contributed by atoms with Crippen LogP contribution >= 0.6 is 0 Å². The standard InChI is InChI=1S/C36H29N5O5/c42-27-19-31(41-22-39-32-33(37-21-38-34(32)41)40-35(43)23-11-3-1-4-12-23)46-30(27)20-44-36(24-13-5-2-6-14-24)25-15-7-9-17-28(25)45-29-18-10-8-16-26(29)36/h1-18,21-22,27,30-31,42H,19-20H2,(H,37,38,40,43). The minimum Gasteiger partial charge on any atom is -0.457 e. The van der Waals surface area contributed by atoms with E-state index >= 15 is 0 Å². The normalized spacial score (nSPS) is 19.6. The first-order chi connectivity index (χ1) is 22.6. The first-order valence-electron chi connectivity index (χ1n) is 15.1. The maximum Gasteiger partial charge on any atom is 0.256 e. The molecule has 3 atom stereocenters. The second-order valence-electron chi connectivity index (χ2n) is 11.3. The monoisotopic (exact) mass is 611 g/mol. The number of fused-ring (bicyclic) bond motifs is 3. The Hall–Kier alpha value is -5.42. The number of ether oxygens (including phenoxy) is 3. The van der Waals surface area contributed by atoms with Crippen molar-refractivity contribution in [2.24, 2.45) is 0 Å². The molecule has 2 aliphatic heterocycles. The van der Waals surface area contributed by atoms with Crippen LogP contribution in [0.3, 0.4) is 0 Å². The number of aliphatic hydroxyl groups is 1. The zero-order valence-corrected chi connectivity index (χ0v) is 24.6. The topological polar surface area (TPSA) is 121 Å². The van der Waals surface area contributed by atoms with Crippen molar-refractivity contribution in [1.82, 2.24) is 19.5 Å². The largest absolute Gasteiger partial charge is 0.457 e. The fourth-order valence-electron chi connectivity index (χ4n) is 6.35. The number of amides is 1. The van der Waals surface area contributed by atoms with Crippen LogP contribution in [0.15, 0.2) is 122 Å². The van der Waals surface area contributed by atoms with Crippen molar-refractivity contribution in [1.29, 1.82) is 0 Å². The molecule has 1 fully saturated rings. The molecule has 0 radical (unpaired) electrons. The molecule has 10 heteroatoms. The Bertz CT molecular complexity index is 1990. The summed E-state index contributed by atoms with van der Waals surface area (Å²) in [7, 11) is 0. The lowest BCUT2D eigenvalue weighted by Gasteiger charge is -2.41. The van der Waals surface area contributed by atoms with E-state index in [4.69, 9.17) is 14.2 Å². The maximum atomic E-state index is 12.8. The summed E-state index contributed by atoms with van der Waals surface area (Å²) in [4.78, 5) is 26.0. The first kappa shape index (κ1) is 28.1. The van der Waals surface area contributed by atoms with E-state index in [1.54, 1.807) is 35.2 Å². The van der Waals surface area contributed by atoms with Gasteiger partial charge in [-0.1, -0.05) is 84.9 Å². The minimum atomic E-state index is -1.01. The zero-order chi connectivity index (χ0) is 31.1. The van der Waals surface area contributed by atoms with Gasteiger partial charge >= 0.3 is 0 Å². The molecule has 6 aromatic rings. The van der Waals surface area contributed by atoms with Crippen LogP contribution < -0.4 is 10.1 Å². The summed E-state index contributed by atoms with van der Waals surface area (Å²) in [6.07, 6.45) is 1.22. The molecular weight excluding hydrogens is 582 g/mol. The number of carbonyl (C=O) groups is 1. The molecule has 1 amide bonds. The molecule has 0 bridgehead atoms. The summed E-state index contributed by atoms with van der Waals surface area (Å²) in [5, 5.41) is 14.1. The molecular formula is C36H29N5O5. The summed E-state index contributed by atoms with van der Waals surface area (Å²) in [6, 6.07) is 34.6. The van der Waals surface area contributed by atoms with Gasteiger partial charge in [-0.2, -0.15) is 0 Å². The molecule has 1 saturated heterocycles. The van der Waals surface area contributed by atoms with Gasteiger partial charge in [-0.3, -0.25) is 9.36 Å². The minimum absolute atomic E-state index is 0.0925. The number of rotatable bonds is 7. The molecule has 3 unspecified atom stereocenters. The van der Waals surface area contributed by atoms with Crippen molar-refractivity contribution in [2.75, 3.05) is 11.9 Å². The highest BCUT2D eigenvalue weighted by Crippen LogP contribution is 2.52. The van der Waals surface area contributed by atoms with Gasteiger partial charge in [0, 0.05) is 23.1 Å². The van der Waals surface area contributed by atoms with E-state index in [1.165, 1.54) is 6.33 Å². The predicted octanol–water partition coefficient (Wildman–Crippen LogP) is 5.84. The van der Waals surface area contributed by atoms with E-state index in [0.29, 0.717) is 34.6 Å². The number of hydrogen-bond acceptors (Lipinski definition) is 8. The molecule has 2 aliphatic rings. The summed E-state index contributed by atoms with van der Waals surface area (Å²) >= 11 is 0. The number of carbonyl (C=O) groups excluding carboxylic acids is 1. The van der Waals surface area contributed by atoms with Gasteiger partial charge < -0.3 is 24.6 Å². The molecule has 4 heterocycles. The van der Waals surface area contributed by atoms with Gasteiger partial charge in [-0.25, -0.2) is 15.0 Å². The van der Waals surface area contributed by atoms with Crippen LogP contribution in [0.2, 0.25) is 0 Å². The van der Waals surface area contributed by atoms with E-state index < -0.39 is 24.0 Å². The van der Waals surface area contributed by atoms with E-state index in [9.17, 15) is 9.90 Å². The highest BCUT2D eigenvalue weighted by Gasteiger charge is 2.47. The SMILES string of the molecule is O=C(Nc1ncnc2c1ncn2C1CC(O)C(COC2(c3ccccc3)c3ccccc3Oc3ccccc32)O1)c1ccccc1. The van der Waals surface area contributed by atoms with Gasteiger partial charge in [-0.15, -0.1) is 0 Å². The molecule has 8 rings (SSSR count). The van der Waals surface area contributed by atoms with Crippen LogP contribution in [0.25, 0.3) is 11.2 Å². The maximum absolute atomic E-state index is 12.8. The van der Waals surface area contributed by atoms with Crippen molar-refractivity contribution in [3.05, 3.63) is 144 Å². The van der Waals surface area contributed by atoms with Crippen LogP contribution in [-0.2, 0) is 15.1 Å². The third kappa shape index (κ3) is 4.71. The molecule has 0 saturated carbocycles. The number of nitrogens with one attached hydrogen (secondary N) is 1. The second-order valence-corrected chi connectivity index (χ2v) is 11.3. The third-order valence-corrected chi connectivity index (χ3v) is 8.54. The van der Waals surface area contributed by atoms with Crippen LogP contribution in [0, 0.1) is 0 Å².